The summed E-state index contributed by atoms with van der Waals surface area (Å²) in [6.45, 7) is 11.6. The van der Waals surface area contributed by atoms with E-state index in [0.29, 0.717) is 6.61 Å². The van der Waals surface area contributed by atoms with Gasteiger partial charge in [-0.05, 0) is 0 Å². The summed E-state index contributed by atoms with van der Waals surface area (Å²) in [7, 11) is 0. The Morgan fingerprint density at radius 3 is 1.71 bits per heavy atom. The maximum absolute atomic E-state index is 5.73. The molecule has 3 heteroatoms. The molecule has 0 aromatic rings. The molecule has 0 spiro atoms. The average molecular weight is 405 g/mol. The minimum atomic E-state index is -2.15. The van der Waals surface area contributed by atoms with Crippen molar-refractivity contribution in [1.82, 2.24) is 0 Å². The van der Waals surface area contributed by atoms with Gasteiger partial charge < -0.3 is 0 Å². The summed E-state index contributed by atoms with van der Waals surface area (Å²) in [5.41, 5.74) is 0. The van der Waals surface area contributed by atoms with E-state index in [1.807, 2.05) is 20.1 Å². The van der Waals surface area contributed by atoms with Gasteiger partial charge in [-0.25, -0.2) is 0 Å². The zero-order valence-corrected chi connectivity index (χ0v) is 18.0. The fourth-order valence-electron chi connectivity index (χ4n) is 2.78. The molecule has 0 saturated heterocycles. The van der Waals surface area contributed by atoms with Crippen LogP contribution in [-0.4, -0.2) is 31.3 Å². The van der Waals surface area contributed by atoms with Crippen molar-refractivity contribution in [2.45, 2.75) is 92.7 Å². The zero-order valence-electron chi connectivity index (χ0n) is 15.1. The Labute approximate surface area is 137 Å². The molecular weight excluding hydrogens is 367 g/mol. The van der Waals surface area contributed by atoms with Gasteiger partial charge in [-0.2, -0.15) is 0 Å². The van der Waals surface area contributed by atoms with Crippen LogP contribution >= 0.6 is 0 Å². The molecule has 0 bridgehead atoms. The molecule has 0 aromatic heterocycles. The SMILES string of the molecule is CCC[CH2][Sn]([CH]=COC(C)OCC)([CH2]CCC)[CH2]CCC. The first kappa shape index (κ1) is 21.3. The van der Waals surface area contributed by atoms with Crippen molar-refractivity contribution in [3.05, 3.63) is 10.4 Å². The van der Waals surface area contributed by atoms with E-state index in [1.165, 1.54) is 51.8 Å². The van der Waals surface area contributed by atoms with E-state index in [-0.39, 0.29) is 6.29 Å². The van der Waals surface area contributed by atoms with Crippen molar-refractivity contribution >= 4 is 18.4 Å². The van der Waals surface area contributed by atoms with Gasteiger partial charge in [0.15, 0.2) is 0 Å². The molecule has 126 valence electrons. The first-order valence-electron chi connectivity index (χ1n) is 9.08. The summed E-state index contributed by atoms with van der Waals surface area (Å²) in [6.07, 6.45) is 10.0. The Kier molecular flexibility index (Phi) is 14.1. The Morgan fingerprint density at radius 1 is 0.857 bits per heavy atom. The number of rotatable bonds is 14. The van der Waals surface area contributed by atoms with Crippen molar-refractivity contribution in [3.63, 3.8) is 0 Å². The van der Waals surface area contributed by atoms with Gasteiger partial charge in [-0.1, -0.05) is 0 Å². The van der Waals surface area contributed by atoms with Crippen LogP contribution in [0.25, 0.3) is 0 Å². The molecule has 0 aliphatic heterocycles. The standard InChI is InChI=1S/C6H11O2.3C4H9.Sn/c1-4-7-6(3)8-5-2;3*1-3-4-2;/h1,4,6H,5H2,2-3H3;3*1,3-4H2,2H3;. The fourth-order valence-corrected chi connectivity index (χ4v) is 16.5. The number of ether oxygens (including phenoxy) is 2. The number of unbranched alkanes of at least 4 members (excludes halogenated alkanes) is 3. The molecule has 0 rings (SSSR count). The quantitative estimate of drug-likeness (QED) is 0.192. The van der Waals surface area contributed by atoms with E-state index in [1.54, 1.807) is 0 Å². The van der Waals surface area contributed by atoms with Crippen LogP contribution in [0.1, 0.15) is 73.1 Å². The third-order valence-electron chi connectivity index (χ3n) is 4.18. The molecule has 0 aliphatic carbocycles. The van der Waals surface area contributed by atoms with Crippen LogP contribution in [0.3, 0.4) is 0 Å². The van der Waals surface area contributed by atoms with Gasteiger partial charge in [0.2, 0.25) is 0 Å². The third-order valence-corrected chi connectivity index (χ3v) is 18.1. The Morgan fingerprint density at radius 2 is 1.33 bits per heavy atom. The van der Waals surface area contributed by atoms with E-state index >= 15 is 0 Å². The average Bonchev–Trinajstić information content (AvgIpc) is 2.48. The van der Waals surface area contributed by atoms with E-state index < -0.39 is 18.4 Å². The van der Waals surface area contributed by atoms with E-state index in [0.717, 1.165) is 0 Å². The van der Waals surface area contributed by atoms with Gasteiger partial charge in [-0.3, -0.25) is 0 Å². The second-order valence-electron chi connectivity index (χ2n) is 6.13. The van der Waals surface area contributed by atoms with Crippen LogP contribution in [0.4, 0.5) is 0 Å². The van der Waals surface area contributed by atoms with Crippen LogP contribution in [0.5, 0.6) is 0 Å². The second-order valence-corrected chi connectivity index (χ2v) is 19.1. The summed E-state index contributed by atoms with van der Waals surface area (Å²) in [5, 5.41) is 0. The fraction of sp³-hybridized carbons (Fsp3) is 0.889. The third kappa shape index (κ3) is 10.6. The molecular formula is C18H38O2Sn. The van der Waals surface area contributed by atoms with Gasteiger partial charge >= 0.3 is 138 Å². The molecule has 0 N–H and O–H groups in total. The normalized spacial score (nSPS) is 13.8. The Bertz CT molecular complexity index is 232. The zero-order chi connectivity index (χ0) is 16.0. The molecule has 1 atom stereocenters. The molecule has 1 unspecified atom stereocenters. The summed E-state index contributed by atoms with van der Waals surface area (Å²) < 4.78 is 18.2. The number of hydrogen-bond donors (Lipinski definition) is 0. The Balaban J connectivity index is 4.72. The van der Waals surface area contributed by atoms with Crippen molar-refractivity contribution in [3.8, 4) is 0 Å². The predicted molar refractivity (Wildman–Crippen MR) is 96.2 cm³/mol. The van der Waals surface area contributed by atoms with Crippen LogP contribution in [0.2, 0.25) is 13.3 Å². The molecule has 0 fully saturated rings. The minimum absolute atomic E-state index is 0.112. The van der Waals surface area contributed by atoms with Gasteiger partial charge in [0.25, 0.3) is 0 Å². The monoisotopic (exact) mass is 406 g/mol. The Hall–Kier alpha value is 0.299. The first-order valence-corrected chi connectivity index (χ1v) is 16.8. The summed E-state index contributed by atoms with van der Waals surface area (Å²) >= 11 is -2.15. The summed E-state index contributed by atoms with van der Waals surface area (Å²) in [6, 6.07) is 0. The number of hydrogen-bond acceptors (Lipinski definition) is 2. The molecule has 0 heterocycles. The van der Waals surface area contributed by atoms with Crippen LogP contribution in [0, 0.1) is 0 Å². The molecule has 21 heavy (non-hydrogen) atoms. The molecule has 0 saturated carbocycles. The van der Waals surface area contributed by atoms with Crippen LogP contribution in [-0.2, 0) is 9.47 Å². The van der Waals surface area contributed by atoms with Crippen molar-refractivity contribution < 1.29 is 9.47 Å². The van der Waals surface area contributed by atoms with Gasteiger partial charge in [0.1, 0.15) is 0 Å². The van der Waals surface area contributed by atoms with E-state index in [9.17, 15) is 0 Å². The van der Waals surface area contributed by atoms with Gasteiger partial charge in [-0.15, -0.1) is 0 Å². The maximum atomic E-state index is 5.73. The van der Waals surface area contributed by atoms with Gasteiger partial charge in [0, 0.05) is 0 Å². The molecule has 0 radical (unpaired) electrons. The van der Waals surface area contributed by atoms with Crippen molar-refractivity contribution in [2.75, 3.05) is 6.61 Å². The van der Waals surface area contributed by atoms with Crippen molar-refractivity contribution in [2.24, 2.45) is 0 Å². The van der Waals surface area contributed by atoms with E-state index in [4.69, 9.17) is 9.47 Å². The van der Waals surface area contributed by atoms with E-state index in [2.05, 4.69) is 24.9 Å². The summed E-state index contributed by atoms with van der Waals surface area (Å²) in [4.78, 5) is 0. The molecule has 0 aliphatic rings. The molecule has 2 nitrogen and oxygen atoms in total. The first-order chi connectivity index (χ1) is 10.1. The second kappa shape index (κ2) is 13.9. The van der Waals surface area contributed by atoms with Crippen molar-refractivity contribution in [1.29, 1.82) is 0 Å². The van der Waals surface area contributed by atoms with Crippen LogP contribution in [0.15, 0.2) is 10.4 Å². The molecule has 0 aromatic carbocycles. The summed E-state index contributed by atoms with van der Waals surface area (Å²) in [5.74, 6) is 0. The topological polar surface area (TPSA) is 18.5 Å². The molecule has 0 amide bonds. The van der Waals surface area contributed by atoms with Crippen LogP contribution < -0.4 is 0 Å². The van der Waals surface area contributed by atoms with Gasteiger partial charge in [0.05, 0.1) is 0 Å². The predicted octanol–water partition coefficient (Wildman–Crippen LogP) is 6.29.